The van der Waals surface area contributed by atoms with E-state index >= 15 is 0 Å². The number of anilines is 1. The van der Waals surface area contributed by atoms with Crippen LogP contribution in [0.2, 0.25) is 5.02 Å². The van der Waals surface area contributed by atoms with Crippen molar-refractivity contribution in [2.75, 3.05) is 5.32 Å². The Morgan fingerprint density at radius 1 is 1.44 bits per heavy atom. The minimum Gasteiger partial charge on any atom is -0.325 e. The van der Waals surface area contributed by atoms with Crippen molar-refractivity contribution in [2.45, 2.75) is 12.6 Å². The lowest BCUT2D eigenvalue weighted by molar-refractivity contribution is -0.150. The molecule has 0 saturated carbocycles. The molecule has 88 valence electrons. The van der Waals surface area contributed by atoms with E-state index in [1.54, 1.807) is 6.07 Å². The molecule has 0 fully saturated rings. The van der Waals surface area contributed by atoms with E-state index in [1.807, 2.05) is 22.6 Å². The lowest BCUT2D eigenvalue weighted by Gasteiger charge is -2.09. The molecule has 1 aromatic carbocycles. The first kappa shape index (κ1) is 13.6. The number of hydrogen-bond donors (Lipinski definition) is 1. The lowest BCUT2D eigenvalue weighted by atomic mass is 10.3. The first-order valence-electron chi connectivity index (χ1n) is 4.09. The van der Waals surface area contributed by atoms with E-state index in [4.69, 9.17) is 11.6 Å². The Hall–Kier alpha value is -0.500. The number of carbonyl (C=O) groups is 1. The van der Waals surface area contributed by atoms with E-state index in [0.717, 1.165) is 0 Å². The number of nitrogens with one attached hydrogen (secondary N) is 1. The third-order valence-corrected chi connectivity index (χ3v) is 2.69. The highest BCUT2D eigenvalue weighted by Crippen LogP contribution is 2.24. The quantitative estimate of drug-likeness (QED) is 0.795. The Kier molecular flexibility index (Phi) is 4.43. The largest absolute Gasteiger partial charge is 0.397 e. The molecule has 0 aliphatic rings. The van der Waals surface area contributed by atoms with Crippen LogP contribution in [0.25, 0.3) is 0 Å². The molecule has 0 atom stereocenters. The van der Waals surface area contributed by atoms with Crippen molar-refractivity contribution in [3.63, 3.8) is 0 Å². The summed E-state index contributed by atoms with van der Waals surface area (Å²) >= 11 is 7.54. The fourth-order valence-corrected chi connectivity index (χ4v) is 1.97. The van der Waals surface area contributed by atoms with Gasteiger partial charge in [0.05, 0.1) is 5.69 Å². The third-order valence-electron chi connectivity index (χ3n) is 1.57. The predicted molar refractivity (Wildman–Crippen MR) is 63.5 cm³/mol. The third kappa shape index (κ3) is 4.56. The van der Waals surface area contributed by atoms with Crippen molar-refractivity contribution in [3.05, 3.63) is 26.8 Å². The summed E-state index contributed by atoms with van der Waals surface area (Å²) in [5.41, 5.74) is 0.319. The molecule has 0 saturated heterocycles. The summed E-state index contributed by atoms with van der Waals surface area (Å²) < 4.78 is 36.3. The average Bonchev–Trinajstić information content (AvgIpc) is 2.06. The Balaban J connectivity index is 2.70. The summed E-state index contributed by atoms with van der Waals surface area (Å²) in [5.74, 6) is -1.09. The summed E-state index contributed by atoms with van der Waals surface area (Å²) in [6.07, 6.45) is -5.99. The molecule has 1 N–H and O–H groups in total. The van der Waals surface area contributed by atoms with E-state index < -0.39 is 18.5 Å². The Morgan fingerprint density at radius 2 is 2.06 bits per heavy atom. The molecule has 7 heteroatoms. The zero-order valence-corrected chi connectivity index (χ0v) is 10.7. The van der Waals surface area contributed by atoms with Gasteiger partial charge >= 0.3 is 6.18 Å². The van der Waals surface area contributed by atoms with Crippen molar-refractivity contribution in [1.29, 1.82) is 0 Å². The minimum absolute atomic E-state index is 0.319. The number of rotatable bonds is 2. The van der Waals surface area contributed by atoms with Crippen LogP contribution in [0.15, 0.2) is 18.2 Å². The highest BCUT2D eigenvalue weighted by Gasteiger charge is 2.31. The van der Waals surface area contributed by atoms with Crippen LogP contribution in [0.3, 0.4) is 0 Å². The number of halogens is 5. The van der Waals surface area contributed by atoms with Crippen molar-refractivity contribution < 1.29 is 18.0 Å². The molecule has 16 heavy (non-hydrogen) atoms. The van der Waals surface area contributed by atoms with Crippen molar-refractivity contribution in [3.8, 4) is 0 Å². The maximum absolute atomic E-state index is 11.9. The summed E-state index contributed by atoms with van der Waals surface area (Å²) in [5, 5.41) is 2.63. The minimum atomic E-state index is -4.50. The monoisotopic (exact) mass is 363 g/mol. The van der Waals surface area contributed by atoms with Gasteiger partial charge in [-0.05, 0) is 40.8 Å². The van der Waals surface area contributed by atoms with Crippen LogP contribution in [0, 0.1) is 3.57 Å². The van der Waals surface area contributed by atoms with E-state index in [0.29, 0.717) is 14.3 Å². The van der Waals surface area contributed by atoms with Gasteiger partial charge in [-0.25, -0.2) is 0 Å². The van der Waals surface area contributed by atoms with E-state index in [9.17, 15) is 18.0 Å². The number of amides is 1. The Morgan fingerprint density at radius 3 is 2.56 bits per heavy atom. The van der Waals surface area contributed by atoms with Gasteiger partial charge in [-0.15, -0.1) is 0 Å². The highest BCUT2D eigenvalue weighted by atomic mass is 127. The van der Waals surface area contributed by atoms with Gasteiger partial charge in [0.25, 0.3) is 0 Å². The van der Waals surface area contributed by atoms with Gasteiger partial charge in [0.15, 0.2) is 0 Å². The molecule has 0 aliphatic heterocycles. The predicted octanol–water partition coefficient (Wildman–Crippen LogP) is 3.84. The molecule has 1 aromatic rings. The zero-order valence-electron chi connectivity index (χ0n) is 7.74. The first-order chi connectivity index (χ1) is 7.28. The maximum Gasteiger partial charge on any atom is 0.397 e. The van der Waals surface area contributed by atoms with Crippen LogP contribution in [0.1, 0.15) is 6.42 Å². The number of hydrogen-bond acceptors (Lipinski definition) is 1. The average molecular weight is 364 g/mol. The topological polar surface area (TPSA) is 29.1 Å². The second kappa shape index (κ2) is 5.22. The van der Waals surface area contributed by atoms with Crippen LogP contribution in [0.4, 0.5) is 18.9 Å². The van der Waals surface area contributed by atoms with Crippen LogP contribution in [-0.4, -0.2) is 12.1 Å². The fourth-order valence-electron chi connectivity index (χ4n) is 0.967. The highest BCUT2D eigenvalue weighted by molar-refractivity contribution is 14.1. The molecule has 0 heterocycles. The molecule has 1 amide bonds. The molecular weight excluding hydrogens is 357 g/mol. The van der Waals surface area contributed by atoms with Crippen molar-refractivity contribution in [1.82, 2.24) is 0 Å². The summed E-state index contributed by atoms with van der Waals surface area (Å²) in [7, 11) is 0. The summed E-state index contributed by atoms with van der Waals surface area (Å²) in [6.45, 7) is 0. The fraction of sp³-hybridized carbons (Fsp3) is 0.222. The van der Waals surface area contributed by atoms with Crippen LogP contribution in [-0.2, 0) is 4.79 Å². The van der Waals surface area contributed by atoms with Gasteiger partial charge in [-0.3, -0.25) is 4.79 Å². The van der Waals surface area contributed by atoms with Gasteiger partial charge in [0.2, 0.25) is 5.91 Å². The second-order valence-electron chi connectivity index (χ2n) is 2.96. The van der Waals surface area contributed by atoms with Crippen LogP contribution in [0.5, 0.6) is 0 Å². The normalized spacial score (nSPS) is 11.3. The number of carbonyl (C=O) groups excluding carboxylic acids is 1. The van der Waals surface area contributed by atoms with E-state index in [1.165, 1.54) is 12.1 Å². The standard InChI is InChI=1S/C9H6ClF3INO/c10-5-1-2-7(6(14)3-5)15-8(16)4-9(11,12)13/h1-3H,4H2,(H,15,16). The molecular formula is C9H6ClF3INO. The van der Waals surface area contributed by atoms with Gasteiger partial charge in [0.1, 0.15) is 6.42 Å². The van der Waals surface area contributed by atoms with Crippen molar-refractivity contribution >= 4 is 45.8 Å². The SMILES string of the molecule is O=C(CC(F)(F)F)Nc1ccc(Cl)cc1I. The Labute approximate surface area is 108 Å². The molecule has 0 unspecified atom stereocenters. The molecule has 2 nitrogen and oxygen atoms in total. The van der Waals surface area contributed by atoms with E-state index in [2.05, 4.69) is 5.32 Å². The van der Waals surface area contributed by atoms with Gasteiger partial charge in [-0.2, -0.15) is 13.2 Å². The van der Waals surface area contributed by atoms with E-state index in [-0.39, 0.29) is 0 Å². The molecule has 0 radical (unpaired) electrons. The van der Waals surface area contributed by atoms with Crippen LogP contribution < -0.4 is 5.32 Å². The molecule has 0 spiro atoms. The van der Waals surface area contributed by atoms with Crippen LogP contribution >= 0.6 is 34.2 Å². The van der Waals surface area contributed by atoms with Gasteiger partial charge in [-0.1, -0.05) is 11.6 Å². The maximum atomic E-state index is 11.9. The number of alkyl halides is 3. The summed E-state index contributed by atoms with van der Waals surface area (Å²) in [4.78, 5) is 11.0. The smallest absolute Gasteiger partial charge is 0.325 e. The van der Waals surface area contributed by atoms with Gasteiger partial charge < -0.3 is 5.32 Å². The molecule has 0 aromatic heterocycles. The summed E-state index contributed by atoms with van der Waals surface area (Å²) in [6, 6.07) is 4.50. The van der Waals surface area contributed by atoms with Gasteiger partial charge in [0, 0.05) is 8.59 Å². The molecule has 1 rings (SSSR count). The lowest BCUT2D eigenvalue weighted by Crippen LogP contribution is -2.21. The zero-order chi connectivity index (χ0) is 12.3. The first-order valence-corrected chi connectivity index (χ1v) is 5.55. The molecule has 0 aliphatic carbocycles. The Bertz CT molecular complexity index is 408. The number of benzene rings is 1. The van der Waals surface area contributed by atoms with Crippen molar-refractivity contribution in [2.24, 2.45) is 0 Å². The second-order valence-corrected chi connectivity index (χ2v) is 4.56. The molecule has 0 bridgehead atoms.